The van der Waals surface area contributed by atoms with Crippen molar-refractivity contribution < 1.29 is 9.53 Å². The maximum absolute atomic E-state index is 12.1. The Morgan fingerprint density at radius 3 is 2.70 bits per heavy atom. The van der Waals surface area contributed by atoms with Gasteiger partial charge in [0.2, 0.25) is 0 Å². The van der Waals surface area contributed by atoms with E-state index in [1.165, 1.54) is 19.2 Å². The zero-order valence-corrected chi connectivity index (χ0v) is 12.6. The Balaban J connectivity index is 2.28. The molecule has 0 aliphatic heterocycles. The first-order valence-corrected chi connectivity index (χ1v) is 6.96. The molecule has 0 atom stereocenters. The second kappa shape index (κ2) is 6.14. The Morgan fingerprint density at radius 2 is 2.15 bits per heavy atom. The summed E-state index contributed by atoms with van der Waals surface area (Å²) < 4.78 is 5.89. The topological polar surface area (TPSA) is 62.1 Å². The number of carbonyl (C=O) groups is 1. The molecule has 1 aromatic heterocycles. The molecule has 1 aromatic carbocycles. The third kappa shape index (κ3) is 3.05. The maximum Gasteiger partial charge on any atom is 0.258 e. The van der Waals surface area contributed by atoms with Crippen LogP contribution in [-0.2, 0) is 0 Å². The molecule has 0 saturated carbocycles. The first kappa shape index (κ1) is 14.7. The average Bonchev–Trinajstić information content (AvgIpc) is 2.78. The third-order valence-corrected chi connectivity index (χ3v) is 3.97. The van der Waals surface area contributed by atoms with Crippen molar-refractivity contribution in [3.05, 3.63) is 44.1 Å². The van der Waals surface area contributed by atoms with Gasteiger partial charge < -0.3 is 10.1 Å². The number of methoxy groups -OCH3 is 1. The van der Waals surface area contributed by atoms with Crippen LogP contribution in [0.4, 0.5) is 5.69 Å². The molecule has 0 fully saturated rings. The summed E-state index contributed by atoms with van der Waals surface area (Å²) in [4.78, 5) is 12.1. The SMILES string of the molecule is COc1cc(C#N)ccc1NC(=O)c1cc(Cl)sc1Cl. The van der Waals surface area contributed by atoms with Crippen molar-refractivity contribution in [3.8, 4) is 11.8 Å². The van der Waals surface area contributed by atoms with Gasteiger partial charge in [-0.05, 0) is 18.2 Å². The first-order chi connectivity index (χ1) is 9.55. The van der Waals surface area contributed by atoms with Gasteiger partial charge in [0.1, 0.15) is 10.1 Å². The summed E-state index contributed by atoms with van der Waals surface area (Å²) >= 11 is 12.9. The van der Waals surface area contributed by atoms with Gasteiger partial charge in [0, 0.05) is 6.07 Å². The van der Waals surface area contributed by atoms with Gasteiger partial charge in [-0.3, -0.25) is 4.79 Å². The van der Waals surface area contributed by atoms with E-state index in [1.54, 1.807) is 12.1 Å². The number of nitrogens with one attached hydrogen (secondary N) is 1. The number of halogens is 2. The highest BCUT2D eigenvalue weighted by Gasteiger charge is 2.16. The molecule has 0 spiro atoms. The van der Waals surface area contributed by atoms with E-state index < -0.39 is 0 Å². The zero-order chi connectivity index (χ0) is 14.7. The number of nitriles is 1. The van der Waals surface area contributed by atoms with Crippen LogP contribution in [0.25, 0.3) is 0 Å². The van der Waals surface area contributed by atoms with Gasteiger partial charge in [0.05, 0.1) is 34.3 Å². The Kier molecular flexibility index (Phi) is 4.50. The van der Waals surface area contributed by atoms with Gasteiger partial charge in [-0.1, -0.05) is 23.2 Å². The molecule has 0 radical (unpaired) electrons. The minimum absolute atomic E-state index is 0.299. The maximum atomic E-state index is 12.1. The molecule has 0 aliphatic carbocycles. The van der Waals surface area contributed by atoms with Crippen molar-refractivity contribution in [2.75, 3.05) is 12.4 Å². The van der Waals surface area contributed by atoms with Crippen LogP contribution in [0.5, 0.6) is 5.75 Å². The van der Waals surface area contributed by atoms with E-state index in [0.29, 0.717) is 31.2 Å². The van der Waals surface area contributed by atoms with Gasteiger partial charge in [-0.15, -0.1) is 11.3 Å². The molecule has 2 rings (SSSR count). The van der Waals surface area contributed by atoms with Crippen LogP contribution in [0.3, 0.4) is 0 Å². The van der Waals surface area contributed by atoms with Crippen LogP contribution in [0.15, 0.2) is 24.3 Å². The molecule has 1 N–H and O–H groups in total. The molecule has 2 aromatic rings. The van der Waals surface area contributed by atoms with Crippen LogP contribution < -0.4 is 10.1 Å². The van der Waals surface area contributed by atoms with Gasteiger partial charge in [-0.2, -0.15) is 5.26 Å². The number of rotatable bonds is 3. The largest absolute Gasteiger partial charge is 0.495 e. The predicted molar refractivity (Wildman–Crippen MR) is 80.0 cm³/mol. The second-order valence-corrected chi connectivity index (χ2v) is 6.00. The number of ether oxygens (including phenoxy) is 1. The van der Waals surface area contributed by atoms with Crippen molar-refractivity contribution in [1.82, 2.24) is 0 Å². The van der Waals surface area contributed by atoms with Crippen LogP contribution in [0, 0.1) is 11.3 Å². The van der Waals surface area contributed by atoms with E-state index in [0.717, 1.165) is 11.3 Å². The standard InChI is InChI=1S/C13H8Cl2N2O2S/c1-19-10-4-7(6-16)2-3-9(10)17-13(18)8-5-11(14)20-12(8)15/h2-5H,1H3,(H,17,18). The molecule has 0 saturated heterocycles. The summed E-state index contributed by atoms with van der Waals surface area (Å²) in [6.45, 7) is 0. The molecule has 102 valence electrons. The molecule has 7 heteroatoms. The quantitative estimate of drug-likeness (QED) is 0.919. The Hall–Kier alpha value is -1.74. The number of hydrogen-bond donors (Lipinski definition) is 1. The van der Waals surface area contributed by atoms with E-state index in [4.69, 9.17) is 33.2 Å². The van der Waals surface area contributed by atoms with E-state index >= 15 is 0 Å². The van der Waals surface area contributed by atoms with Crippen molar-refractivity contribution in [2.24, 2.45) is 0 Å². The summed E-state index contributed by atoms with van der Waals surface area (Å²) in [6, 6.07) is 8.21. The Morgan fingerprint density at radius 1 is 1.40 bits per heavy atom. The van der Waals surface area contributed by atoms with Crippen molar-refractivity contribution in [1.29, 1.82) is 5.26 Å². The highest BCUT2D eigenvalue weighted by Crippen LogP contribution is 2.32. The van der Waals surface area contributed by atoms with Crippen LogP contribution >= 0.6 is 34.5 Å². The molecule has 4 nitrogen and oxygen atoms in total. The van der Waals surface area contributed by atoms with Crippen molar-refractivity contribution in [3.63, 3.8) is 0 Å². The van der Waals surface area contributed by atoms with Crippen molar-refractivity contribution >= 4 is 46.1 Å². The summed E-state index contributed by atoms with van der Waals surface area (Å²) in [5, 5.41) is 11.5. The Labute approximate surface area is 129 Å². The Bertz CT molecular complexity index is 707. The molecule has 0 aliphatic rings. The first-order valence-electron chi connectivity index (χ1n) is 5.39. The highest BCUT2D eigenvalue weighted by molar-refractivity contribution is 7.20. The van der Waals surface area contributed by atoms with E-state index in [1.807, 2.05) is 6.07 Å². The summed E-state index contributed by atoms with van der Waals surface area (Å²) in [5.74, 6) is 0.0102. The number of carbonyl (C=O) groups excluding carboxylic acids is 1. The average molecular weight is 327 g/mol. The third-order valence-electron chi connectivity index (χ3n) is 2.48. The number of thiophene rings is 1. The molecule has 20 heavy (non-hydrogen) atoms. The number of hydrogen-bond acceptors (Lipinski definition) is 4. The summed E-state index contributed by atoms with van der Waals surface area (Å²) in [5.41, 5.74) is 1.19. The monoisotopic (exact) mass is 326 g/mol. The fraction of sp³-hybridized carbons (Fsp3) is 0.0769. The van der Waals surface area contributed by atoms with E-state index in [9.17, 15) is 4.79 Å². The van der Waals surface area contributed by atoms with Gasteiger partial charge in [0.15, 0.2) is 0 Å². The molecule has 0 unspecified atom stereocenters. The molecular formula is C13H8Cl2N2O2S. The number of amides is 1. The molecule has 1 amide bonds. The van der Waals surface area contributed by atoms with E-state index in [-0.39, 0.29) is 5.91 Å². The minimum atomic E-state index is -0.388. The number of anilines is 1. The highest BCUT2D eigenvalue weighted by atomic mass is 35.5. The smallest absolute Gasteiger partial charge is 0.258 e. The normalized spacial score (nSPS) is 9.90. The lowest BCUT2D eigenvalue weighted by Gasteiger charge is -2.09. The number of nitrogens with zero attached hydrogens (tertiary/aromatic N) is 1. The minimum Gasteiger partial charge on any atom is -0.495 e. The second-order valence-electron chi connectivity index (χ2n) is 3.72. The van der Waals surface area contributed by atoms with Gasteiger partial charge >= 0.3 is 0 Å². The zero-order valence-electron chi connectivity index (χ0n) is 10.2. The lowest BCUT2D eigenvalue weighted by atomic mass is 10.2. The molecule has 1 heterocycles. The van der Waals surface area contributed by atoms with Crippen LogP contribution in [0.1, 0.15) is 15.9 Å². The lowest BCUT2D eigenvalue weighted by Crippen LogP contribution is -2.12. The summed E-state index contributed by atoms with van der Waals surface area (Å²) in [7, 11) is 1.46. The lowest BCUT2D eigenvalue weighted by molar-refractivity contribution is 0.102. The number of benzene rings is 1. The van der Waals surface area contributed by atoms with E-state index in [2.05, 4.69) is 5.32 Å². The fourth-order valence-corrected chi connectivity index (χ4v) is 3.01. The van der Waals surface area contributed by atoms with Crippen molar-refractivity contribution in [2.45, 2.75) is 0 Å². The fourth-order valence-electron chi connectivity index (χ4n) is 1.55. The molecular weight excluding hydrogens is 319 g/mol. The van der Waals surface area contributed by atoms with Gasteiger partial charge in [0.25, 0.3) is 5.91 Å². The van der Waals surface area contributed by atoms with Crippen LogP contribution in [-0.4, -0.2) is 13.0 Å². The molecule has 0 bridgehead atoms. The summed E-state index contributed by atoms with van der Waals surface area (Å²) in [6.07, 6.45) is 0. The van der Waals surface area contributed by atoms with Crippen LogP contribution in [0.2, 0.25) is 8.67 Å². The van der Waals surface area contributed by atoms with Gasteiger partial charge in [-0.25, -0.2) is 0 Å². The predicted octanol–water partition coefficient (Wildman–Crippen LogP) is 4.19.